The number of hydrogen-bond acceptors (Lipinski definition) is 4. The third kappa shape index (κ3) is 3.87. The molecule has 0 aliphatic rings. The highest BCUT2D eigenvalue weighted by Crippen LogP contribution is 2.30. The molecule has 96 valence electrons. The first-order chi connectivity index (χ1) is 7.19. The molecule has 0 spiro atoms. The van der Waals surface area contributed by atoms with Crippen LogP contribution < -0.4 is 0 Å². The Balaban J connectivity index is 5.08. The molecule has 0 aliphatic carbocycles. The molecule has 0 aromatic rings. The van der Waals surface area contributed by atoms with Crippen molar-refractivity contribution < 1.29 is 19.6 Å². The van der Waals surface area contributed by atoms with Crippen LogP contribution in [0.25, 0.3) is 0 Å². The maximum absolute atomic E-state index is 5.23. The van der Waals surface area contributed by atoms with Gasteiger partial charge in [-0.05, 0) is 52.7 Å². The molecule has 0 rings (SSSR count). The summed E-state index contributed by atoms with van der Waals surface area (Å²) in [5.41, 5.74) is 1.12. The van der Waals surface area contributed by atoms with Crippen molar-refractivity contribution in [2.45, 2.75) is 52.7 Å². The maximum Gasteiger partial charge on any atom is 0.119 e. The van der Waals surface area contributed by atoms with E-state index in [1.54, 1.807) is 0 Å². The van der Waals surface area contributed by atoms with E-state index in [-0.39, 0.29) is 0 Å². The first-order valence-corrected chi connectivity index (χ1v) is 5.31. The fourth-order valence-corrected chi connectivity index (χ4v) is 1.44. The summed E-state index contributed by atoms with van der Waals surface area (Å²) >= 11 is 0. The first kappa shape index (κ1) is 15.6. The third-order valence-corrected chi connectivity index (χ3v) is 2.95. The van der Waals surface area contributed by atoms with Gasteiger partial charge in [-0.3, -0.25) is 0 Å². The van der Waals surface area contributed by atoms with Crippen molar-refractivity contribution in [2.75, 3.05) is 14.2 Å². The van der Waals surface area contributed by atoms with Gasteiger partial charge in [0.15, 0.2) is 0 Å². The van der Waals surface area contributed by atoms with Crippen molar-refractivity contribution in [2.24, 2.45) is 0 Å². The highest BCUT2D eigenvalue weighted by molar-refractivity contribution is 5.25. The molecule has 4 nitrogen and oxygen atoms in total. The van der Waals surface area contributed by atoms with Gasteiger partial charge < -0.3 is 0 Å². The van der Waals surface area contributed by atoms with Crippen LogP contribution in [0.5, 0.6) is 0 Å². The molecule has 0 aliphatic heterocycles. The molecule has 16 heavy (non-hydrogen) atoms. The van der Waals surface area contributed by atoms with Gasteiger partial charge in [0.1, 0.15) is 11.2 Å². The Labute approximate surface area is 98.4 Å². The zero-order chi connectivity index (χ0) is 13.0. The summed E-state index contributed by atoms with van der Waals surface area (Å²) in [7, 11) is 3.00. The SMILES string of the molecule is COOC(C)(C)/C(C)=C(/C)C(C)(C)OOC. The second kappa shape index (κ2) is 5.77. The van der Waals surface area contributed by atoms with Crippen LogP contribution in [0.15, 0.2) is 11.1 Å². The fourth-order valence-electron chi connectivity index (χ4n) is 1.44. The first-order valence-electron chi connectivity index (χ1n) is 5.31. The Morgan fingerprint density at radius 3 is 1.12 bits per heavy atom. The summed E-state index contributed by atoms with van der Waals surface area (Å²) in [6, 6.07) is 0. The Morgan fingerprint density at radius 2 is 0.938 bits per heavy atom. The molecule has 0 aromatic heterocycles. The second-order valence-corrected chi connectivity index (χ2v) is 4.77. The minimum Gasteiger partial charge on any atom is -0.239 e. The monoisotopic (exact) mass is 232 g/mol. The van der Waals surface area contributed by atoms with Crippen LogP contribution in [-0.4, -0.2) is 25.4 Å². The van der Waals surface area contributed by atoms with Crippen LogP contribution in [0.4, 0.5) is 0 Å². The summed E-state index contributed by atoms with van der Waals surface area (Å²) < 4.78 is 0. The van der Waals surface area contributed by atoms with Gasteiger partial charge in [0, 0.05) is 0 Å². The Bertz CT molecular complexity index is 228. The second-order valence-electron chi connectivity index (χ2n) is 4.77. The third-order valence-electron chi connectivity index (χ3n) is 2.95. The molecule has 0 aromatic carbocycles. The van der Waals surface area contributed by atoms with Crippen LogP contribution in [0.3, 0.4) is 0 Å². The highest BCUT2D eigenvalue weighted by atomic mass is 17.2. The zero-order valence-electron chi connectivity index (χ0n) is 11.6. The summed E-state index contributed by atoms with van der Waals surface area (Å²) in [4.78, 5) is 20.0. The lowest BCUT2D eigenvalue weighted by Crippen LogP contribution is -2.33. The van der Waals surface area contributed by atoms with E-state index in [2.05, 4.69) is 0 Å². The van der Waals surface area contributed by atoms with Gasteiger partial charge in [-0.1, -0.05) is 0 Å². The highest BCUT2D eigenvalue weighted by Gasteiger charge is 2.31. The quantitative estimate of drug-likeness (QED) is 0.401. The Morgan fingerprint density at radius 1 is 0.688 bits per heavy atom. The van der Waals surface area contributed by atoms with Gasteiger partial charge in [-0.25, -0.2) is 19.6 Å². The van der Waals surface area contributed by atoms with Gasteiger partial charge in [-0.15, -0.1) is 0 Å². The predicted molar refractivity (Wildman–Crippen MR) is 62.7 cm³/mol. The molecule has 0 atom stereocenters. The minimum absolute atomic E-state index is 0.493. The lowest BCUT2D eigenvalue weighted by molar-refractivity contribution is -0.331. The lowest BCUT2D eigenvalue weighted by Gasteiger charge is -2.31. The fraction of sp³-hybridized carbons (Fsp3) is 0.833. The van der Waals surface area contributed by atoms with Gasteiger partial charge >= 0.3 is 0 Å². The summed E-state index contributed by atoms with van der Waals surface area (Å²) in [5, 5.41) is 0. The topological polar surface area (TPSA) is 36.9 Å². The van der Waals surface area contributed by atoms with Crippen LogP contribution >= 0.6 is 0 Å². The molecule has 0 bridgehead atoms. The largest absolute Gasteiger partial charge is 0.239 e. The Hall–Kier alpha value is -0.420. The molecule has 0 fully saturated rings. The van der Waals surface area contributed by atoms with E-state index >= 15 is 0 Å². The average Bonchev–Trinajstić information content (AvgIpc) is 2.15. The maximum atomic E-state index is 5.23. The molecule has 0 radical (unpaired) electrons. The summed E-state index contributed by atoms with van der Waals surface area (Å²) in [6.45, 7) is 11.8. The minimum atomic E-state index is -0.493. The van der Waals surface area contributed by atoms with E-state index < -0.39 is 11.2 Å². The van der Waals surface area contributed by atoms with E-state index in [1.807, 2.05) is 41.5 Å². The molecule has 0 amide bonds. The molecule has 0 heterocycles. The molecular weight excluding hydrogens is 208 g/mol. The van der Waals surface area contributed by atoms with Gasteiger partial charge in [-0.2, -0.15) is 0 Å². The van der Waals surface area contributed by atoms with Crippen molar-refractivity contribution >= 4 is 0 Å². The van der Waals surface area contributed by atoms with Crippen LogP contribution in [0, 0.1) is 0 Å². The smallest absolute Gasteiger partial charge is 0.119 e. The molecule has 0 unspecified atom stereocenters. The standard InChI is InChI=1S/C12H24O4/c1-9(11(3,4)15-13-7)10(2)12(5,6)16-14-8/h1-8H3/b10-9-. The van der Waals surface area contributed by atoms with E-state index in [0.717, 1.165) is 11.1 Å². The zero-order valence-corrected chi connectivity index (χ0v) is 11.6. The lowest BCUT2D eigenvalue weighted by atomic mass is 9.87. The molecule has 0 N–H and O–H groups in total. The van der Waals surface area contributed by atoms with Crippen molar-refractivity contribution in [3.63, 3.8) is 0 Å². The van der Waals surface area contributed by atoms with Crippen LogP contribution in [0.1, 0.15) is 41.5 Å². The van der Waals surface area contributed by atoms with Crippen LogP contribution in [-0.2, 0) is 19.6 Å². The van der Waals surface area contributed by atoms with E-state index in [9.17, 15) is 0 Å². The number of hydrogen-bond donors (Lipinski definition) is 0. The van der Waals surface area contributed by atoms with E-state index in [1.165, 1.54) is 14.2 Å². The molecular formula is C12H24O4. The van der Waals surface area contributed by atoms with Crippen LogP contribution in [0.2, 0.25) is 0 Å². The molecule has 4 heteroatoms. The summed E-state index contributed by atoms with van der Waals surface area (Å²) in [5.74, 6) is 0. The number of rotatable bonds is 6. The molecule has 0 saturated carbocycles. The van der Waals surface area contributed by atoms with Crippen molar-refractivity contribution in [1.29, 1.82) is 0 Å². The van der Waals surface area contributed by atoms with Gasteiger partial charge in [0.25, 0.3) is 0 Å². The van der Waals surface area contributed by atoms with Gasteiger partial charge in [0.2, 0.25) is 0 Å². The average molecular weight is 232 g/mol. The normalized spacial score (nSPS) is 15.0. The van der Waals surface area contributed by atoms with Crippen molar-refractivity contribution in [1.82, 2.24) is 0 Å². The summed E-state index contributed by atoms with van der Waals surface area (Å²) in [6.07, 6.45) is 0. The predicted octanol–water partition coefficient (Wildman–Crippen LogP) is 3.04. The van der Waals surface area contributed by atoms with E-state index in [4.69, 9.17) is 19.6 Å². The molecule has 0 saturated heterocycles. The van der Waals surface area contributed by atoms with Crippen molar-refractivity contribution in [3.8, 4) is 0 Å². The van der Waals surface area contributed by atoms with Gasteiger partial charge in [0.05, 0.1) is 14.2 Å². The Kier molecular flexibility index (Phi) is 5.62. The van der Waals surface area contributed by atoms with E-state index in [0.29, 0.717) is 0 Å². The van der Waals surface area contributed by atoms with Crippen molar-refractivity contribution in [3.05, 3.63) is 11.1 Å².